The predicted molar refractivity (Wildman–Crippen MR) is 110 cm³/mol. The molecule has 30 heavy (non-hydrogen) atoms. The monoisotopic (exact) mass is 405 g/mol. The zero-order valence-corrected chi connectivity index (χ0v) is 16.5. The van der Waals surface area contributed by atoms with Gasteiger partial charge < -0.3 is 14.2 Å². The van der Waals surface area contributed by atoms with E-state index in [4.69, 9.17) is 19.5 Å². The third-order valence-corrected chi connectivity index (χ3v) is 4.35. The summed E-state index contributed by atoms with van der Waals surface area (Å²) in [7, 11) is 3.07. The molecule has 0 amide bonds. The largest absolute Gasteiger partial charge is 0.497 e. The second-order valence-corrected chi connectivity index (χ2v) is 6.14. The zero-order chi connectivity index (χ0) is 21.5. The molecular formula is C22H19N3O5. The van der Waals surface area contributed by atoms with E-state index >= 15 is 0 Å². The van der Waals surface area contributed by atoms with Gasteiger partial charge in [0.25, 0.3) is 5.56 Å². The lowest BCUT2D eigenvalue weighted by Gasteiger charge is -2.10. The Labute approximate surface area is 172 Å². The standard InChI is InChI=1S/C22H19N3O5/c1-28-16-9-7-15(19(13-16)29-2)8-10-21(26)30-14-20-24-18-6-4-3-5-17(18)22(27)25(20)12-11-23/h3-10,13H,12,14H2,1-2H3/b10-8+. The van der Waals surface area contributed by atoms with Crippen molar-refractivity contribution >= 4 is 22.9 Å². The van der Waals surface area contributed by atoms with E-state index in [0.717, 1.165) is 0 Å². The molecule has 0 aliphatic heterocycles. The van der Waals surface area contributed by atoms with Crippen LogP contribution >= 0.6 is 0 Å². The van der Waals surface area contributed by atoms with Gasteiger partial charge in [-0.25, -0.2) is 9.78 Å². The Kier molecular flexibility index (Phi) is 6.45. The van der Waals surface area contributed by atoms with Crippen LogP contribution in [0.25, 0.3) is 17.0 Å². The van der Waals surface area contributed by atoms with Gasteiger partial charge in [-0.15, -0.1) is 0 Å². The molecule has 3 rings (SSSR count). The fourth-order valence-electron chi connectivity index (χ4n) is 2.86. The number of carbonyl (C=O) groups is 1. The third-order valence-electron chi connectivity index (χ3n) is 4.35. The van der Waals surface area contributed by atoms with Crippen LogP contribution in [-0.2, 0) is 22.7 Å². The molecule has 1 aromatic heterocycles. The third kappa shape index (κ3) is 4.47. The first kappa shape index (κ1) is 20.6. The summed E-state index contributed by atoms with van der Waals surface area (Å²) in [4.78, 5) is 29.2. The van der Waals surface area contributed by atoms with E-state index in [0.29, 0.717) is 28.0 Å². The molecule has 0 radical (unpaired) electrons. The van der Waals surface area contributed by atoms with Crippen molar-refractivity contribution < 1.29 is 19.0 Å². The van der Waals surface area contributed by atoms with Crippen LogP contribution in [0.2, 0.25) is 0 Å². The number of esters is 1. The summed E-state index contributed by atoms with van der Waals surface area (Å²) in [5, 5.41) is 9.44. The van der Waals surface area contributed by atoms with E-state index in [9.17, 15) is 9.59 Å². The van der Waals surface area contributed by atoms with Gasteiger partial charge in [-0.1, -0.05) is 12.1 Å². The van der Waals surface area contributed by atoms with Gasteiger partial charge >= 0.3 is 5.97 Å². The molecule has 0 unspecified atom stereocenters. The van der Waals surface area contributed by atoms with Crippen molar-refractivity contribution in [3.8, 4) is 17.6 Å². The normalized spacial score (nSPS) is 10.7. The Balaban J connectivity index is 1.79. The van der Waals surface area contributed by atoms with Gasteiger partial charge in [-0.3, -0.25) is 9.36 Å². The molecule has 0 aliphatic carbocycles. The number of methoxy groups -OCH3 is 2. The van der Waals surface area contributed by atoms with Crippen LogP contribution in [0.3, 0.4) is 0 Å². The number of ether oxygens (including phenoxy) is 3. The molecule has 0 aliphatic rings. The summed E-state index contributed by atoms with van der Waals surface area (Å²) < 4.78 is 16.9. The average Bonchev–Trinajstić information content (AvgIpc) is 2.78. The molecule has 0 saturated carbocycles. The number of hydrogen-bond donors (Lipinski definition) is 0. The lowest BCUT2D eigenvalue weighted by atomic mass is 10.2. The maximum absolute atomic E-state index is 12.6. The molecule has 1 heterocycles. The maximum Gasteiger partial charge on any atom is 0.331 e. The summed E-state index contributed by atoms with van der Waals surface area (Å²) in [6.07, 6.45) is 2.80. The predicted octanol–water partition coefficient (Wildman–Crippen LogP) is 2.69. The Bertz CT molecular complexity index is 1210. The number of nitrogens with zero attached hydrogens (tertiary/aromatic N) is 3. The van der Waals surface area contributed by atoms with Gasteiger partial charge in [-0.05, 0) is 30.3 Å². The van der Waals surface area contributed by atoms with E-state index in [1.165, 1.54) is 17.8 Å². The summed E-state index contributed by atoms with van der Waals surface area (Å²) in [5.41, 5.74) is 0.786. The molecule has 8 heteroatoms. The summed E-state index contributed by atoms with van der Waals surface area (Å²) in [6, 6.07) is 13.9. The molecule has 0 bridgehead atoms. The van der Waals surface area contributed by atoms with Crippen LogP contribution in [0.1, 0.15) is 11.4 Å². The SMILES string of the molecule is COc1ccc(/C=C/C(=O)OCc2nc3ccccc3c(=O)n2CC#N)c(OC)c1. The van der Waals surface area contributed by atoms with Crippen LogP contribution in [0, 0.1) is 11.3 Å². The van der Waals surface area contributed by atoms with Crippen molar-refractivity contribution in [1.29, 1.82) is 5.26 Å². The summed E-state index contributed by atoms with van der Waals surface area (Å²) in [6.45, 7) is -0.437. The fourth-order valence-corrected chi connectivity index (χ4v) is 2.86. The van der Waals surface area contributed by atoms with E-state index < -0.39 is 5.97 Å². The minimum Gasteiger partial charge on any atom is -0.497 e. The molecule has 0 fully saturated rings. The number of nitriles is 1. The second-order valence-electron chi connectivity index (χ2n) is 6.14. The molecule has 8 nitrogen and oxygen atoms in total. The quantitative estimate of drug-likeness (QED) is 0.440. The van der Waals surface area contributed by atoms with Gasteiger partial charge in [0.1, 0.15) is 24.7 Å². The first-order valence-corrected chi connectivity index (χ1v) is 8.99. The van der Waals surface area contributed by atoms with Crippen LogP contribution in [0.4, 0.5) is 0 Å². The Hall–Kier alpha value is -4.12. The van der Waals surface area contributed by atoms with Crippen molar-refractivity contribution in [1.82, 2.24) is 9.55 Å². The molecule has 0 saturated heterocycles. The number of hydrogen-bond acceptors (Lipinski definition) is 7. The molecule has 0 N–H and O–H groups in total. The molecule has 3 aromatic rings. The first-order chi connectivity index (χ1) is 14.6. The number of fused-ring (bicyclic) bond motifs is 1. The number of aromatic nitrogens is 2. The number of para-hydroxylation sites is 1. The highest BCUT2D eigenvalue weighted by molar-refractivity contribution is 5.87. The Morgan fingerprint density at radius 1 is 1.20 bits per heavy atom. The van der Waals surface area contributed by atoms with E-state index in [1.54, 1.807) is 55.7 Å². The first-order valence-electron chi connectivity index (χ1n) is 8.99. The van der Waals surface area contributed by atoms with Gasteiger partial charge in [-0.2, -0.15) is 5.26 Å². The zero-order valence-electron chi connectivity index (χ0n) is 16.5. The highest BCUT2D eigenvalue weighted by Crippen LogP contribution is 2.25. The van der Waals surface area contributed by atoms with Gasteiger partial charge in [0, 0.05) is 17.7 Å². The minimum absolute atomic E-state index is 0.192. The lowest BCUT2D eigenvalue weighted by molar-refractivity contribution is -0.139. The van der Waals surface area contributed by atoms with Gasteiger partial charge in [0.15, 0.2) is 5.82 Å². The average molecular weight is 405 g/mol. The van der Waals surface area contributed by atoms with Crippen LogP contribution in [0.15, 0.2) is 53.3 Å². The van der Waals surface area contributed by atoms with Crippen molar-refractivity contribution in [2.24, 2.45) is 0 Å². The molecule has 0 atom stereocenters. The molecule has 0 spiro atoms. The summed E-state index contributed by atoms with van der Waals surface area (Å²) >= 11 is 0. The van der Waals surface area contributed by atoms with E-state index in [2.05, 4.69) is 4.98 Å². The highest BCUT2D eigenvalue weighted by Gasteiger charge is 2.12. The van der Waals surface area contributed by atoms with Crippen LogP contribution in [-0.4, -0.2) is 29.7 Å². The van der Waals surface area contributed by atoms with Crippen molar-refractivity contribution in [2.75, 3.05) is 14.2 Å². The van der Waals surface area contributed by atoms with Gasteiger partial charge in [0.2, 0.25) is 0 Å². The minimum atomic E-state index is -0.626. The van der Waals surface area contributed by atoms with Crippen molar-refractivity contribution in [2.45, 2.75) is 13.2 Å². The smallest absolute Gasteiger partial charge is 0.331 e. The topological polar surface area (TPSA) is 103 Å². The Morgan fingerprint density at radius 3 is 2.73 bits per heavy atom. The maximum atomic E-state index is 12.6. The van der Waals surface area contributed by atoms with Crippen molar-refractivity contribution in [3.63, 3.8) is 0 Å². The van der Waals surface area contributed by atoms with Crippen LogP contribution < -0.4 is 15.0 Å². The van der Waals surface area contributed by atoms with E-state index in [1.807, 2.05) is 6.07 Å². The van der Waals surface area contributed by atoms with Gasteiger partial charge in [0.05, 0.1) is 31.2 Å². The summed E-state index contributed by atoms with van der Waals surface area (Å²) in [5.74, 6) is 0.740. The van der Waals surface area contributed by atoms with E-state index in [-0.39, 0.29) is 24.5 Å². The Morgan fingerprint density at radius 2 is 2.00 bits per heavy atom. The van der Waals surface area contributed by atoms with Crippen LogP contribution in [0.5, 0.6) is 11.5 Å². The molecule has 152 valence electrons. The number of rotatable bonds is 7. The lowest BCUT2D eigenvalue weighted by Crippen LogP contribution is -2.26. The highest BCUT2D eigenvalue weighted by atomic mass is 16.5. The molecular weight excluding hydrogens is 386 g/mol. The fraction of sp³-hybridized carbons (Fsp3) is 0.182. The second kappa shape index (κ2) is 9.39. The van der Waals surface area contributed by atoms with Crippen molar-refractivity contribution in [3.05, 3.63) is 70.3 Å². The number of benzene rings is 2. The molecule has 2 aromatic carbocycles. The number of carbonyl (C=O) groups excluding carboxylic acids is 1.